The van der Waals surface area contributed by atoms with Gasteiger partial charge in [-0.25, -0.2) is 0 Å². The van der Waals surface area contributed by atoms with Gasteiger partial charge >= 0.3 is 0 Å². The molecule has 1 unspecified atom stereocenters. The van der Waals surface area contributed by atoms with Crippen LogP contribution in [0.3, 0.4) is 0 Å². The highest BCUT2D eigenvalue weighted by Gasteiger charge is 2.36. The fourth-order valence-electron chi connectivity index (χ4n) is 2.16. The van der Waals surface area contributed by atoms with Crippen LogP contribution in [-0.4, -0.2) is 40.4 Å². The molecule has 0 spiro atoms. The van der Waals surface area contributed by atoms with E-state index in [1.807, 2.05) is 18.2 Å². The van der Waals surface area contributed by atoms with Gasteiger partial charge in [0, 0.05) is 18.6 Å². The first-order chi connectivity index (χ1) is 7.35. The van der Waals surface area contributed by atoms with E-state index >= 15 is 0 Å². The summed E-state index contributed by atoms with van der Waals surface area (Å²) >= 11 is 0. The zero-order valence-electron chi connectivity index (χ0n) is 8.71. The summed E-state index contributed by atoms with van der Waals surface area (Å²) in [6, 6.07) is 10.6. The van der Waals surface area contributed by atoms with Crippen LogP contribution in [0.4, 0.5) is 0 Å². The molecule has 0 saturated carbocycles. The third kappa shape index (κ3) is 2.20. The lowest BCUT2D eigenvalue weighted by atomic mass is 9.93. The van der Waals surface area contributed by atoms with E-state index in [-0.39, 0.29) is 25.3 Å². The number of hydrogen-bond donors (Lipinski definition) is 2. The lowest BCUT2D eigenvalue weighted by Gasteiger charge is -2.47. The number of benzene rings is 1. The molecule has 1 aliphatic heterocycles. The molecule has 3 nitrogen and oxygen atoms in total. The number of rotatable bonds is 4. The molecule has 0 aromatic heterocycles. The maximum Gasteiger partial charge on any atom is 0.0587 e. The molecule has 1 aromatic rings. The van der Waals surface area contributed by atoms with Crippen molar-refractivity contribution in [3.8, 4) is 0 Å². The highest BCUT2D eigenvalue weighted by atomic mass is 16.3. The third-order valence-corrected chi connectivity index (χ3v) is 3.11. The topological polar surface area (TPSA) is 43.7 Å². The van der Waals surface area contributed by atoms with Crippen LogP contribution in [0.5, 0.6) is 0 Å². The van der Waals surface area contributed by atoms with Gasteiger partial charge in [-0.1, -0.05) is 30.3 Å². The van der Waals surface area contributed by atoms with Crippen LogP contribution >= 0.6 is 0 Å². The number of aliphatic hydroxyl groups is 2. The van der Waals surface area contributed by atoms with E-state index in [1.54, 1.807) is 0 Å². The summed E-state index contributed by atoms with van der Waals surface area (Å²) in [4.78, 5) is 2.16. The van der Waals surface area contributed by atoms with E-state index in [2.05, 4.69) is 17.0 Å². The molecule has 1 aliphatic rings. The minimum atomic E-state index is 0.184. The normalized spacial score (nSPS) is 26.3. The van der Waals surface area contributed by atoms with Gasteiger partial charge in [0.1, 0.15) is 0 Å². The van der Waals surface area contributed by atoms with Gasteiger partial charge in [-0.15, -0.1) is 0 Å². The van der Waals surface area contributed by atoms with Crippen LogP contribution in [0.1, 0.15) is 12.0 Å². The highest BCUT2D eigenvalue weighted by molar-refractivity contribution is 5.15. The molecule has 3 heteroatoms. The Morgan fingerprint density at radius 3 is 2.20 bits per heavy atom. The number of nitrogens with zero attached hydrogens (tertiary/aromatic N) is 1. The fourth-order valence-corrected chi connectivity index (χ4v) is 2.16. The molecule has 2 atom stereocenters. The number of aliphatic hydroxyl groups excluding tert-OH is 2. The van der Waals surface area contributed by atoms with Gasteiger partial charge in [-0.05, 0) is 12.0 Å². The Labute approximate surface area is 90.0 Å². The van der Waals surface area contributed by atoms with Crippen LogP contribution in [0.25, 0.3) is 0 Å². The lowest BCUT2D eigenvalue weighted by Crippen LogP contribution is -2.58. The molecule has 15 heavy (non-hydrogen) atoms. The van der Waals surface area contributed by atoms with E-state index in [4.69, 9.17) is 10.2 Å². The van der Waals surface area contributed by atoms with Crippen LogP contribution in [0.2, 0.25) is 0 Å². The van der Waals surface area contributed by atoms with E-state index in [9.17, 15) is 0 Å². The fraction of sp³-hybridized carbons (Fsp3) is 0.500. The SMILES string of the molecule is OCC1C[C@@H](CO)N1Cc1ccccc1. The monoisotopic (exact) mass is 207 g/mol. The number of hydrogen-bond acceptors (Lipinski definition) is 3. The van der Waals surface area contributed by atoms with Crippen LogP contribution in [0, 0.1) is 0 Å². The molecule has 1 heterocycles. The summed E-state index contributed by atoms with van der Waals surface area (Å²) in [5.41, 5.74) is 1.23. The first kappa shape index (κ1) is 10.6. The van der Waals surface area contributed by atoms with Gasteiger partial charge in [0.25, 0.3) is 0 Å². The second-order valence-electron chi connectivity index (χ2n) is 4.07. The minimum absolute atomic E-state index is 0.184. The van der Waals surface area contributed by atoms with Crippen LogP contribution < -0.4 is 0 Å². The number of likely N-dealkylation sites (tertiary alicyclic amines) is 1. The molecule has 82 valence electrons. The molecule has 1 saturated heterocycles. The molecular weight excluding hydrogens is 190 g/mol. The zero-order chi connectivity index (χ0) is 10.7. The molecule has 0 bridgehead atoms. The van der Waals surface area contributed by atoms with Crippen molar-refractivity contribution in [2.45, 2.75) is 25.0 Å². The van der Waals surface area contributed by atoms with Gasteiger partial charge in [0.05, 0.1) is 13.2 Å². The quantitative estimate of drug-likeness (QED) is 0.760. The molecular formula is C12H17NO2. The van der Waals surface area contributed by atoms with E-state index < -0.39 is 0 Å². The summed E-state index contributed by atoms with van der Waals surface area (Å²) in [6.45, 7) is 1.18. The summed E-state index contributed by atoms with van der Waals surface area (Å²) < 4.78 is 0. The van der Waals surface area contributed by atoms with Gasteiger partial charge in [-0.2, -0.15) is 0 Å². The van der Waals surface area contributed by atoms with Crippen molar-refractivity contribution >= 4 is 0 Å². The molecule has 0 aliphatic carbocycles. The third-order valence-electron chi connectivity index (χ3n) is 3.11. The Kier molecular flexibility index (Phi) is 3.36. The van der Waals surface area contributed by atoms with Gasteiger partial charge in [-0.3, -0.25) is 4.90 Å². The van der Waals surface area contributed by atoms with Crippen molar-refractivity contribution in [1.82, 2.24) is 4.90 Å². The second-order valence-corrected chi connectivity index (χ2v) is 4.07. The van der Waals surface area contributed by atoms with Crippen molar-refractivity contribution in [2.75, 3.05) is 13.2 Å². The summed E-state index contributed by atoms with van der Waals surface area (Å²) in [5.74, 6) is 0. The average Bonchev–Trinajstić information content (AvgIpc) is 2.27. The molecule has 1 aromatic carbocycles. The first-order valence-electron chi connectivity index (χ1n) is 5.36. The summed E-state index contributed by atoms with van der Waals surface area (Å²) in [5, 5.41) is 18.2. The van der Waals surface area contributed by atoms with Crippen molar-refractivity contribution in [2.24, 2.45) is 0 Å². The van der Waals surface area contributed by atoms with E-state index in [0.717, 1.165) is 13.0 Å². The lowest BCUT2D eigenvalue weighted by molar-refractivity contribution is -0.0475. The van der Waals surface area contributed by atoms with E-state index in [0.29, 0.717) is 0 Å². The predicted octanol–water partition coefficient (Wildman–Crippen LogP) is 0.614. The minimum Gasteiger partial charge on any atom is -0.395 e. The predicted molar refractivity (Wildman–Crippen MR) is 58.3 cm³/mol. The summed E-state index contributed by atoms with van der Waals surface area (Å²) in [7, 11) is 0. The Morgan fingerprint density at radius 1 is 1.07 bits per heavy atom. The summed E-state index contributed by atoms with van der Waals surface area (Å²) in [6.07, 6.45) is 0.903. The Hall–Kier alpha value is -0.900. The van der Waals surface area contributed by atoms with Gasteiger partial charge < -0.3 is 10.2 Å². The largest absolute Gasteiger partial charge is 0.395 e. The second kappa shape index (κ2) is 4.75. The Balaban J connectivity index is 1.98. The van der Waals surface area contributed by atoms with Crippen LogP contribution in [0.15, 0.2) is 30.3 Å². The molecule has 0 amide bonds. The van der Waals surface area contributed by atoms with Crippen molar-refractivity contribution in [1.29, 1.82) is 0 Å². The van der Waals surface area contributed by atoms with Crippen molar-refractivity contribution < 1.29 is 10.2 Å². The van der Waals surface area contributed by atoms with Gasteiger partial charge in [0.15, 0.2) is 0 Å². The molecule has 2 rings (SSSR count). The Morgan fingerprint density at radius 2 is 1.67 bits per heavy atom. The molecule has 0 radical (unpaired) electrons. The standard InChI is InChI=1S/C12H17NO2/c14-8-11-6-12(9-15)13(11)7-10-4-2-1-3-5-10/h1-5,11-12,14-15H,6-9H2/t11-,12?/m0/s1. The molecule has 1 fully saturated rings. The maximum absolute atomic E-state index is 9.12. The highest BCUT2D eigenvalue weighted by Crippen LogP contribution is 2.27. The Bertz CT molecular complexity index is 292. The average molecular weight is 207 g/mol. The maximum atomic E-state index is 9.12. The van der Waals surface area contributed by atoms with Gasteiger partial charge in [0.2, 0.25) is 0 Å². The smallest absolute Gasteiger partial charge is 0.0587 e. The first-order valence-corrected chi connectivity index (χ1v) is 5.36. The van der Waals surface area contributed by atoms with Crippen molar-refractivity contribution in [3.63, 3.8) is 0 Å². The molecule has 2 N–H and O–H groups in total. The zero-order valence-corrected chi connectivity index (χ0v) is 8.71. The van der Waals surface area contributed by atoms with Crippen molar-refractivity contribution in [3.05, 3.63) is 35.9 Å². The van der Waals surface area contributed by atoms with Crippen LogP contribution in [-0.2, 0) is 6.54 Å². The van der Waals surface area contributed by atoms with E-state index in [1.165, 1.54) is 5.56 Å².